The first-order valence-corrected chi connectivity index (χ1v) is 7.37. The Hall–Kier alpha value is -3.28. The molecule has 0 fully saturated rings. The molecule has 24 heavy (non-hydrogen) atoms. The molecule has 4 aromatic rings. The highest BCUT2D eigenvalue weighted by molar-refractivity contribution is 5.81. The van der Waals surface area contributed by atoms with Crippen LogP contribution in [0.3, 0.4) is 0 Å². The van der Waals surface area contributed by atoms with Crippen LogP contribution in [0.25, 0.3) is 22.4 Å². The standard InChI is InChI=1S/C18H12FN3O2/c19-15-8-6-13(7-9-15)17-21-22(18(23)24-17)11-14-4-1-3-12-5-2-10-20-16(12)14/h1-10H,11H2. The van der Waals surface area contributed by atoms with Gasteiger partial charge in [-0.1, -0.05) is 24.3 Å². The summed E-state index contributed by atoms with van der Waals surface area (Å²) in [7, 11) is 0. The summed E-state index contributed by atoms with van der Waals surface area (Å²) < 4.78 is 19.4. The smallest absolute Gasteiger partial charge is 0.388 e. The Labute approximate surface area is 136 Å². The van der Waals surface area contributed by atoms with Crippen molar-refractivity contribution in [1.29, 1.82) is 0 Å². The number of hydrogen-bond donors (Lipinski definition) is 0. The van der Waals surface area contributed by atoms with Crippen LogP contribution in [0.1, 0.15) is 5.56 Å². The van der Waals surface area contributed by atoms with Crippen molar-refractivity contribution >= 4 is 10.9 Å². The molecule has 0 atom stereocenters. The molecule has 0 aliphatic carbocycles. The first-order valence-electron chi connectivity index (χ1n) is 7.37. The van der Waals surface area contributed by atoms with Crippen LogP contribution in [0.4, 0.5) is 4.39 Å². The second-order valence-electron chi connectivity index (χ2n) is 5.33. The van der Waals surface area contributed by atoms with Gasteiger partial charge in [0.15, 0.2) is 0 Å². The molecule has 0 spiro atoms. The monoisotopic (exact) mass is 321 g/mol. The van der Waals surface area contributed by atoms with E-state index in [1.165, 1.54) is 28.9 Å². The van der Waals surface area contributed by atoms with E-state index in [4.69, 9.17) is 4.42 Å². The average molecular weight is 321 g/mol. The van der Waals surface area contributed by atoms with Crippen LogP contribution >= 0.6 is 0 Å². The van der Waals surface area contributed by atoms with Crippen molar-refractivity contribution in [2.75, 3.05) is 0 Å². The Morgan fingerprint density at radius 1 is 1.04 bits per heavy atom. The van der Waals surface area contributed by atoms with E-state index in [0.717, 1.165) is 16.5 Å². The predicted octanol–water partition coefficient (Wildman–Crippen LogP) is 3.24. The average Bonchev–Trinajstić information content (AvgIpc) is 2.97. The van der Waals surface area contributed by atoms with Gasteiger partial charge in [-0.3, -0.25) is 4.98 Å². The van der Waals surface area contributed by atoms with E-state index in [9.17, 15) is 9.18 Å². The van der Waals surface area contributed by atoms with Crippen LogP contribution in [-0.4, -0.2) is 14.8 Å². The number of nitrogens with zero attached hydrogens (tertiary/aromatic N) is 3. The van der Waals surface area contributed by atoms with Gasteiger partial charge in [-0.2, -0.15) is 4.68 Å². The van der Waals surface area contributed by atoms with E-state index in [1.54, 1.807) is 6.20 Å². The number of benzene rings is 2. The molecule has 5 nitrogen and oxygen atoms in total. The summed E-state index contributed by atoms with van der Waals surface area (Å²) in [6, 6.07) is 15.2. The first kappa shape index (κ1) is 14.3. The third-order valence-electron chi connectivity index (χ3n) is 3.73. The predicted molar refractivity (Wildman–Crippen MR) is 87.0 cm³/mol. The largest absolute Gasteiger partial charge is 0.437 e. The third kappa shape index (κ3) is 2.58. The van der Waals surface area contributed by atoms with E-state index in [1.807, 2.05) is 30.3 Å². The highest BCUT2D eigenvalue weighted by Crippen LogP contribution is 2.18. The molecule has 0 radical (unpaired) electrons. The molecule has 2 aromatic heterocycles. The van der Waals surface area contributed by atoms with E-state index in [2.05, 4.69) is 10.1 Å². The Morgan fingerprint density at radius 2 is 1.83 bits per heavy atom. The number of para-hydroxylation sites is 1. The highest BCUT2D eigenvalue weighted by atomic mass is 19.1. The van der Waals surface area contributed by atoms with E-state index >= 15 is 0 Å². The van der Waals surface area contributed by atoms with Crippen molar-refractivity contribution in [1.82, 2.24) is 14.8 Å². The zero-order valence-corrected chi connectivity index (χ0v) is 12.5. The molecule has 4 rings (SSSR count). The molecule has 0 aliphatic heterocycles. The Kier molecular flexibility index (Phi) is 3.42. The van der Waals surface area contributed by atoms with E-state index in [-0.39, 0.29) is 18.3 Å². The zero-order chi connectivity index (χ0) is 16.5. The number of pyridine rings is 1. The summed E-state index contributed by atoms with van der Waals surface area (Å²) >= 11 is 0. The molecule has 118 valence electrons. The quantitative estimate of drug-likeness (QED) is 0.581. The molecule has 0 aliphatic rings. The lowest BCUT2D eigenvalue weighted by atomic mass is 10.1. The Balaban J connectivity index is 1.72. The van der Waals surface area contributed by atoms with Crippen LogP contribution < -0.4 is 5.76 Å². The minimum Gasteiger partial charge on any atom is -0.388 e. The maximum Gasteiger partial charge on any atom is 0.437 e. The summed E-state index contributed by atoms with van der Waals surface area (Å²) in [5, 5.41) is 5.19. The summed E-state index contributed by atoms with van der Waals surface area (Å²) in [6.07, 6.45) is 1.71. The van der Waals surface area contributed by atoms with E-state index in [0.29, 0.717) is 5.56 Å². The maximum absolute atomic E-state index is 13.0. The van der Waals surface area contributed by atoms with Gasteiger partial charge in [0.1, 0.15) is 5.82 Å². The highest BCUT2D eigenvalue weighted by Gasteiger charge is 2.12. The molecule has 6 heteroatoms. The topological polar surface area (TPSA) is 60.9 Å². The van der Waals surface area contributed by atoms with Crippen molar-refractivity contribution in [3.05, 3.63) is 82.7 Å². The minimum atomic E-state index is -0.567. The molecule has 2 aromatic carbocycles. The van der Waals surface area contributed by atoms with Gasteiger partial charge >= 0.3 is 5.76 Å². The molecule has 0 saturated carbocycles. The second-order valence-corrected chi connectivity index (χ2v) is 5.33. The fraction of sp³-hybridized carbons (Fsp3) is 0.0556. The van der Waals surface area contributed by atoms with Gasteiger partial charge in [0, 0.05) is 22.7 Å². The van der Waals surface area contributed by atoms with Crippen molar-refractivity contribution in [2.45, 2.75) is 6.54 Å². The summed E-state index contributed by atoms with van der Waals surface area (Å²) in [5.74, 6) is -0.766. The summed E-state index contributed by atoms with van der Waals surface area (Å²) in [6.45, 7) is 0.248. The van der Waals surface area contributed by atoms with Gasteiger partial charge in [0.05, 0.1) is 12.1 Å². The Morgan fingerprint density at radius 3 is 2.67 bits per heavy atom. The zero-order valence-electron chi connectivity index (χ0n) is 12.5. The van der Waals surface area contributed by atoms with Crippen LogP contribution in [-0.2, 0) is 6.54 Å². The first-order chi connectivity index (χ1) is 11.7. The number of rotatable bonds is 3. The van der Waals surface area contributed by atoms with Crippen LogP contribution in [0.5, 0.6) is 0 Å². The normalized spacial score (nSPS) is 11.0. The molecule has 0 saturated heterocycles. The molecule has 2 heterocycles. The van der Waals surface area contributed by atoms with Crippen LogP contribution in [0.2, 0.25) is 0 Å². The number of aromatic nitrogens is 3. The van der Waals surface area contributed by atoms with Gasteiger partial charge in [0.25, 0.3) is 0 Å². The van der Waals surface area contributed by atoms with Gasteiger partial charge in [-0.05, 0) is 30.3 Å². The van der Waals surface area contributed by atoms with Gasteiger partial charge in [-0.15, -0.1) is 5.10 Å². The van der Waals surface area contributed by atoms with Crippen molar-refractivity contribution in [3.8, 4) is 11.5 Å². The molecular weight excluding hydrogens is 309 g/mol. The molecule has 0 amide bonds. The second kappa shape index (κ2) is 5.73. The summed E-state index contributed by atoms with van der Waals surface area (Å²) in [5.41, 5.74) is 2.23. The van der Waals surface area contributed by atoms with Crippen molar-refractivity contribution in [3.63, 3.8) is 0 Å². The van der Waals surface area contributed by atoms with Gasteiger partial charge in [-0.25, -0.2) is 9.18 Å². The maximum atomic E-state index is 13.0. The number of halogens is 1. The lowest BCUT2D eigenvalue weighted by Gasteiger charge is -2.04. The van der Waals surface area contributed by atoms with Crippen molar-refractivity contribution in [2.24, 2.45) is 0 Å². The van der Waals surface area contributed by atoms with Crippen LogP contribution in [0.15, 0.2) is 70.0 Å². The Bertz CT molecular complexity index is 1060. The lowest BCUT2D eigenvalue weighted by molar-refractivity contribution is 0.495. The molecule has 0 unspecified atom stereocenters. The lowest BCUT2D eigenvalue weighted by Crippen LogP contribution is -2.16. The fourth-order valence-electron chi connectivity index (χ4n) is 2.57. The van der Waals surface area contributed by atoms with Crippen LogP contribution in [0, 0.1) is 5.82 Å². The molecule has 0 bridgehead atoms. The van der Waals surface area contributed by atoms with Gasteiger partial charge in [0.2, 0.25) is 5.89 Å². The third-order valence-corrected chi connectivity index (χ3v) is 3.73. The summed E-state index contributed by atoms with van der Waals surface area (Å²) in [4.78, 5) is 16.4. The number of fused-ring (bicyclic) bond motifs is 1. The van der Waals surface area contributed by atoms with E-state index < -0.39 is 5.76 Å². The SMILES string of the molecule is O=c1oc(-c2ccc(F)cc2)nn1Cc1cccc2cccnc12. The van der Waals surface area contributed by atoms with Gasteiger partial charge < -0.3 is 4.42 Å². The fourth-order valence-corrected chi connectivity index (χ4v) is 2.57. The molecular formula is C18H12FN3O2. The molecule has 0 N–H and O–H groups in total. The number of hydrogen-bond acceptors (Lipinski definition) is 4. The minimum absolute atomic E-state index is 0.160. The van der Waals surface area contributed by atoms with Crippen molar-refractivity contribution < 1.29 is 8.81 Å².